The second-order valence-electron chi connectivity index (χ2n) is 7.27. The van der Waals surface area contributed by atoms with Crippen LogP contribution in [0.2, 0.25) is 0 Å². The van der Waals surface area contributed by atoms with Crippen molar-refractivity contribution in [2.45, 2.75) is 51.6 Å². The van der Waals surface area contributed by atoms with E-state index in [1.54, 1.807) is 4.90 Å². The third kappa shape index (κ3) is 3.86. The van der Waals surface area contributed by atoms with E-state index >= 15 is 0 Å². The van der Waals surface area contributed by atoms with Crippen LogP contribution in [-0.2, 0) is 20.9 Å². The first-order chi connectivity index (χ1) is 12.4. The van der Waals surface area contributed by atoms with Crippen molar-refractivity contribution in [2.75, 3.05) is 19.6 Å². The first-order valence-corrected chi connectivity index (χ1v) is 9.15. The highest BCUT2D eigenvalue weighted by molar-refractivity contribution is 5.84. The number of hydrogen-bond acceptors (Lipinski definition) is 4. The van der Waals surface area contributed by atoms with Crippen molar-refractivity contribution in [3.8, 4) is 0 Å². The van der Waals surface area contributed by atoms with Crippen LogP contribution in [0.15, 0.2) is 18.2 Å². The number of aromatic nitrogens is 1. The molecule has 1 aromatic heterocycles. The molecular weight excluding hydrogens is 332 g/mol. The smallest absolute Gasteiger partial charge is 0.241 e. The van der Waals surface area contributed by atoms with E-state index in [-0.39, 0.29) is 29.8 Å². The lowest BCUT2D eigenvalue weighted by atomic mass is 9.84. The Balaban J connectivity index is 1.65. The number of nitrogens with one attached hydrogen (secondary N) is 1. The van der Waals surface area contributed by atoms with E-state index in [0.29, 0.717) is 26.1 Å². The van der Waals surface area contributed by atoms with Crippen LogP contribution in [-0.4, -0.2) is 57.7 Å². The van der Waals surface area contributed by atoms with Crippen molar-refractivity contribution >= 4 is 17.7 Å². The highest BCUT2D eigenvalue weighted by atomic mass is 16.2. The Kier molecular flexibility index (Phi) is 5.25. The fourth-order valence-corrected chi connectivity index (χ4v) is 3.98. The Bertz CT molecular complexity index is 710. The van der Waals surface area contributed by atoms with E-state index < -0.39 is 0 Å². The molecule has 1 N–H and O–H groups in total. The minimum atomic E-state index is -0.204. The number of carbonyl (C=O) groups excluding carboxylic acids is 3. The molecule has 2 fully saturated rings. The van der Waals surface area contributed by atoms with Gasteiger partial charge in [0.25, 0.3) is 0 Å². The molecule has 3 rings (SSSR count). The molecule has 7 heteroatoms. The number of nitrogens with zero attached hydrogens (tertiary/aromatic N) is 3. The summed E-state index contributed by atoms with van der Waals surface area (Å²) < 4.78 is 0. The molecule has 0 radical (unpaired) electrons. The number of rotatable bonds is 4. The quantitative estimate of drug-likeness (QED) is 0.871. The Morgan fingerprint density at radius 3 is 2.62 bits per heavy atom. The van der Waals surface area contributed by atoms with E-state index in [1.807, 2.05) is 30.0 Å². The van der Waals surface area contributed by atoms with Crippen molar-refractivity contribution in [2.24, 2.45) is 0 Å². The summed E-state index contributed by atoms with van der Waals surface area (Å²) in [6.07, 6.45) is 2.95. The van der Waals surface area contributed by atoms with Crippen LogP contribution in [0.4, 0.5) is 0 Å². The molecule has 2 saturated heterocycles. The van der Waals surface area contributed by atoms with E-state index in [0.717, 1.165) is 30.7 Å². The van der Waals surface area contributed by atoms with Gasteiger partial charge in [0.15, 0.2) is 0 Å². The molecule has 0 atom stereocenters. The highest BCUT2D eigenvalue weighted by Crippen LogP contribution is 2.40. The Morgan fingerprint density at radius 2 is 1.96 bits per heavy atom. The van der Waals surface area contributed by atoms with Crippen LogP contribution in [0.5, 0.6) is 0 Å². The molecule has 0 aliphatic carbocycles. The Hall–Kier alpha value is -2.44. The molecule has 7 nitrogen and oxygen atoms in total. The molecule has 2 aliphatic rings. The molecule has 0 bridgehead atoms. The lowest BCUT2D eigenvalue weighted by Gasteiger charge is -2.45. The predicted molar refractivity (Wildman–Crippen MR) is 96.0 cm³/mol. The zero-order chi connectivity index (χ0) is 18.7. The predicted octanol–water partition coefficient (Wildman–Crippen LogP) is 1.01. The van der Waals surface area contributed by atoms with Crippen molar-refractivity contribution < 1.29 is 14.4 Å². The summed E-state index contributed by atoms with van der Waals surface area (Å²) in [5.41, 5.74) is 1.68. The van der Waals surface area contributed by atoms with Crippen LogP contribution >= 0.6 is 0 Å². The minimum absolute atomic E-state index is 0.0399. The van der Waals surface area contributed by atoms with Gasteiger partial charge in [-0.3, -0.25) is 19.4 Å². The summed E-state index contributed by atoms with van der Waals surface area (Å²) in [5, 5.41) is 2.55. The molecule has 0 unspecified atom stereocenters. The molecule has 0 aromatic carbocycles. The van der Waals surface area contributed by atoms with Gasteiger partial charge in [-0.2, -0.15) is 0 Å². The van der Waals surface area contributed by atoms with Crippen molar-refractivity contribution in [1.29, 1.82) is 0 Å². The molecular formula is C19H26N4O3. The number of piperidine rings is 1. The van der Waals surface area contributed by atoms with Gasteiger partial charge >= 0.3 is 0 Å². The fraction of sp³-hybridized carbons (Fsp3) is 0.579. The van der Waals surface area contributed by atoms with E-state index in [4.69, 9.17) is 0 Å². The topological polar surface area (TPSA) is 82.6 Å². The lowest BCUT2D eigenvalue weighted by Crippen LogP contribution is -2.55. The van der Waals surface area contributed by atoms with Gasteiger partial charge in [-0.25, -0.2) is 0 Å². The third-order valence-corrected chi connectivity index (χ3v) is 5.48. The fourth-order valence-electron chi connectivity index (χ4n) is 3.98. The summed E-state index contributed by atoms with van der Waals surface area (Å²) in [6.45, 7) is 5.15. The zero-order valence-electron chi connectivity index (χ0n) is 15.5. The second-order valence-corrected chi connectivity index (χ2v) is 7.27. The second kappa shape index (κ2) is 7.43. The Labute approximate surface area is 153 Å². The summed E-state index contributed by atoms with van der Waals surface area (Å²) in [4.78, 5) is 44.0. The van der Waals surface area contributed by atoms with Crippen LogP contribution in [0, 0.1) is 6.92 Å². The van der Waals surface area contributed by atoms with Crippen molar-refractivity contribution in [3.05, 3.63) is 29.6 Å². The van der Waals surface area contributed by atoms with Crippen LogP contribution in [0.25, 0.3) is 0 Å². The van der Waals surface area contributed by atoms with Gasteiger partial charge in [0.05, 0.1) is 18.8 Å². The highest BCUT2D eigenvalue weighted by Gasteiger charge is 2.47. The first-order valence-electron chi connectivity index (χ1n) is 9.15. The standard InChI is InChI=1S/C19H26N4O3/c1-14-4-3-5-16(21-14)13-23-17(25)6-7-19(23)8-10-22(11-9-19)18(26)12-20-15(2)24/h3-5H,6-13H2,1-2H3,(H,20,24). The molecule has 3 heterocycles. The molecule has 0 saturated carbocycles. The van der Waals surface area contributed by atoms with E-state index in [2.05, 4.69) is 10.3 Å². The number of aryl methyl sites for hydroxylation is 1. The van der Waals surface area contributed by atoms with Gasteiger partial charge in [0.2, 0.25) is 17.7 Å². The van der Waals surface area contributed by atoms with Gasteiger partial charge in [-0.1, -0.05) is 6.07 Å². The van der Waals surface area contributed by atoms with Crippen molar-refractivity contribution in [3.63, 3.8) is 0 Å². The summed E-state index contributed by atoms with van der Waals surface area (Å²) in [6, 6.07) is 5.87. The average Bonchev–Trinajstić information content (AvgIpc) is 2.90. The number of likely N-dealkylation sites (tertiary alicyclic amines) is 2. The summed E-state index contributed by atoms with van der Waals surface area (Å²) in [5.74, 6) is -0.0948. The maximum absolute atomic E-state index is 12.5. The van der Waals surface area contributed by atoms with Crippen LogP contribution in [0.1, 0.15) is 44.0 Å². The SMILES string of the molecule is CC(=O)NCC(=O)N1CCC2(CCC(=O)N2Cc2cccc(C)n2)CC1. The minimum Gasteiger partial charge on any atom is -0.347 e. The molecule has 1 aromatic rings. The third-order valence-electron chi connectivity index (χ3n) is 5.48. The Morgan fingerprint density at radius 1 is 1.23 bits per heavy atom. The monoisotopic (exact) mass is 358 g/mol. The van der Waals surface area contributed by atoms with Gasteiger partial charge < -0.3 is 15.1 Å². The summed E-state index contributed by atoms with van der Waals surface area (Å²) in [7, 11) is 0. The number of hydrogen-bond donors (Lipinski definition) is 1. The largest absolute Gasteiger partial charge is 0.347 e. The maximum Gasteiger partial charge on any atom is 0.241 e. The number of pyridine rings is 1. The summed E-state index contributed by atoms with van der Waals surface area (Å²) >= 11 is 0. The average molecular weight is 358 g/mol. The maximum atomic E-state index is 12.5. The molecule has 140 valence electrons. The first kappa shape index (κ1) is 18.4. The zero-order valence-corrected chi connectivity index (χ0v) is 15.5. The van der Waals surface area contributed by atoms with E-state index in [9.17, 15) is 14.4 Å². The lowest BCUT2D eigenvalue weighted by molar-refractivity contribution is -0.137. The van der Waals surface area contributed by atoms with Crippen LogP contribution in [0.3, 0.4) is 0 Å². The van der Waals surface area contributed by atoms with Gasteiger partial charge in [0.1, 0.15) is 0 Å². The van der Waals surface area contributed by atoms with Gasteiger partial charge in [-0.05, 0) is 38.3 Å². The van der Waals surface area contributed by atoms with Gasteiger partial charge in [0, 0.05) is 37.7 Å². The normalized spacial score (nSPS) is 19.1. The van der Waals surface area contributed by atoms with Gasteiger partial charge in [-0.15, -0.1) is 0 Å². The molecule has 2 aliphatic heterocycles. The van der Waals surface area contributed by atoms with E-state index in [1.165, 1.54) is 6.92 Å². The number of carbonyl (C=O) groups is 3. The molecule has 1 spiro atoms. The van der Waals surface area contributed by atoms with Crippen LogP contribution < -0.4 is 5.32 Å². The number of amides is 3. The molecule has 3 amide bonds. The van der Waals surface area contributed by atoms with Crippen molar-refractivity contribution in [1.82, 2.24) is 20.1 Å². The molecule has 26 heavy (non-hydrogen) atoms.